The van der Waals surface area contributed by atoms with E-state index in [1.54, 1.807) is 60.7 Å². The Labute approximate surface area is 305 Å². The molecule has 0 aliphatic rings. The average Bonchev–Trinajstić information content (AvgIpc) is 3.69. The van der Waals surface area contributed by atoms with Crippen molar-refractivity contribution in [1.29, 1.82) is 0 Å². The molecule has 0 radical (unpaired) electrons. The maximum atomic E-state index is 15.3. The first kappa shape index (κ1) is 38.7. The van der Waals surface area contributed by atoms with Gasteiger partial charge in [0.25, 0.3) is 15.9 Å². The summed E-state index contributed by atoms with van der Waals surface area (Å²) in [6.45, 7) is 7.05. The predicted molar refractivity (Wildman–Crippen MR) is 192 cm³/mol. The average molecular weight is 775 g/mol. The van der Waals surface area contributed by atoms with Crippen LogP contribution < -0.4 is 19.8 Å². The van der Waals surface area contributed by atoms with Gasteiger partial charge in [-0.3, -0.25) is 9.48 Å². The Hall–Kier alpha value is -4.51. The first-order chi connectivity index (χ1) is 24.2. The van der Waals surface area contributed by atoms with E-state index < -0.39 is 53.0 Å². The number of aryl methyl sites for hydroxylation is 2. The fourth-order valence-corrected chi connectivity index (χ4v) is 14.1. The Bertz CT molecular complexity index is 2140. The van der Waals surface area contributed by atoms with E-state index in [4.69, 9.17) is 16.3 Å². The third-order valence-corrected chi connectivity index (χ3v) is 17.2. The fourth-order valence-electron chi connectivity index (χ4n) is 6.49. The standard InChI is InChI=1S/C35H38ClF3N6O5SSi/c1-23-27(21-44(6)41-23)51(48,49)43-31(46)26-17-18-28(40-30(26)36)45-20-19-29(42-45)50-22-34(5,35(37,38)39)32(47)52(33(2,3)4,24-13-9-7-10-14-24)25-15-11-8-12-16-25/h7-21,32,47H,22H2,1-6H3,(H,43,46). The summed E-state index contributed by atoms with van der Waals surface area (Å²) in [5, 5.41) is 20.6. The van der Waals surface area contributed by atoms with Gasteiger partial charge in [0.2, 0.25) is 5.88 Å². The lowest BCUT2D eigenvalue weighted by atomic mass is 9.91. The highest BCUT2D eigenvalue weighted by molar-refractivity contribution is 7.90. The van der Waals surface area contributed by atoms with Crippen LogP contribution in [0.4, 0.5) is 13.2 Å². The Morgan fingerprint density at radius 2 is 1.54 bits per heavy atom. The summed E-state index contributed by atoms with van der Waals surface area (Å²) < 4.78 is 81.6. The molecule has 0 spiro atoms. The van der Waals surface area contributed by atoms with Crippen LogP contribution in [-0.4, -0.2) is 70.6 Å². The van der Waals surface area contributed by atoms with Crippen LogP contribution in [0.2, 0.25) is 10.2 Å². The monoisotopic (exact) mass is 774 g/mol. The predicted octanol–water partition coefficient (Wildman–Crippen LogP) is 4.99. The zero-order valence-corrected chi connectivity index (χ0v) is 31.8. The lowest BCUT2D eigenvalue weighted by molar-refractivity contribution is -0.246. The van der Waals surface area contributed by atoms with Crippen molar-refractivity contribution in [1.82, 2.24) is 29.3 Å². The van der Waals surface area contributed by atoms with Gasteiger partial charge in [-0.2, -0.15) is 18.3 Å². The van der Waals surface area contributed by atoms with Crippen molar-refractivity contribution in [2.45, 2.75) is 56.5 Å². The molecule has 11 nitrogen and oxygen atoms in total. The van der Waals surface area contributed by atoms with Crippen LogP contribution in [0, 0.1) is 12.3 Å². The smallest absolute Gasteiger partial charge is 0.399 e. The van der Waals surface area contributed by atoms with Crippen molar-refractivity contribution in [2.75, 3.05) is 6.61 Å². The van der Waals surface area contributed by atoms with Crippen LogP contribution >= 0.6 is 11.6 Å². The first-order valence-electron chi connectivity index (χ1n) is 16.0. The van der Waals surface area contributed by atoms with Crippen LogP contribution in [0.1, 0.15) is 43.7 Å². The van der Waals surface area contributed by atoms with Crippen LogP contribution in [0.5, 0.6) is 5.88 Å². The van der Waals surface area contributed by atoms with E-state index >= 15 is 13.2 Å². The molecular weight excluding hydrogens is 737 g/mol. The van der Waals surface area contributed by atoms with E-state index in [1.807, 2.05) is 25.5 Å². The summed E-state index contributed by atoms with van der Waals surface area (Å²) in [5.41, 5.74) is -4.73. The molecule has 0 aliphatic carbocycles. The molecule has 0 fully saturated rings. The van der Waals surface area contributed by atoms with Gasteiger partial charge in [-0.05, 0) is 31.0 Å². The number of sulfonamides is 1. The van der Waals surface area contributed by atoms with Gasteiger partial charge in [0.15, 0.2) is 13.9 Å². The molecule has 52 heavy (non-hydrogen) atoms. The molecule has 2 N–H and O–H groups in total. The number of nitrogens with one attached hydrogen (secondary N) is 1. The zero-order chi connectivity index (χ0) is 38.3. The minimum Gasteiger partial charge on any atom is -0.476 e. The SMILES string of the molecule is Cc1nn(C)cc1S(=O)(=O)NC(=O)c1ccc(-n2ccc(OCC(C)(C(O)[Si](c3ccccc3)(c3ccccc3)C(C)(C)C)C(F)(F)F)n2)nc1Cl. The largest absolute Gasteiger partial charge is 0.476 e. The number of benzene rings is 2. The number of ether oxygens (including phenoxy) is 1. The molecule has 0 saturated heterocycles. The van der Waals surface area contributed by atoms with Gasteiger partial charge >= 0.3 is 6.18 Å². The van der Waals surface area contributed by atoms with Crippen molar-refractivity contribution in [3.63, 3.8) is 0 Å². The maximum absolute atomic E-state index is 15.3. The molecule has 0 bridgehead atoms. The number of hydrogen-bond donors (Lipinski definition) is 2. The highest BCUT2D eigenvalue weighted by Crippen LogP contribution is 2.49. The van der Waals surface area contributed by atoms with E-state index in [9.17, 15) is 18.3 Å². The molecule has 2 atom stereocenters. The van der Waals surface area contributed by atoms with Crippen molar-refractivity contribution in [2.24, 2.45) is 12.5 Å². The number of halogens is 4. The third-order valence-electron chi connectivity index (χ3n) is 9.19. The van der Waals surface area contributed by atoms with Crippen molar-refractivity contribution < 1.29 is 36.2 Å². The minimum absolute atomic E-state index is 0.0632. The van der Waals surface area contributed by atoms with Gasteiger partial charge in [-0.1, -0.05) is 103 Å². The summed E-state index contributed by atoms with van der Waals surface area (Å²) in [7, 11) is -6.45. The highest BCUT2D eigenvalue weighted by atomic mass is 35.5. The van der Waals surface area contributed by atoms with E-state index in [-0.39, 0.29) is 33.0 Å². The van der Waals surface area contributed by atoms with E-state index in [0.717, 1.165) is 6.92 Å². The van der Waals surface area contributed by atoms with Crippen molar-refractivity contribution in [3.8, 4) is 11.7 Å². The summed E-state index contributed by atoms with van der Waals surface area (Å²) in [4.78, 5) is 16.8. The number of alkyl halides is 3. The lowest BCUT2D eigenvalue weighted by Gasteiger charge is -2.52. The molecule has 1 amide bonds. The molecule has 0 aliphatic heterocycles. The second-order valence-corrected chi connectivity index (χ2v) is 20.5. The maximum Gasteiger partial charge on any atom is 0.399 e. The highest BCUT2D eigenvalue weighted by Gasteiger charge is 2.66. The summed E-state index contributed by atoms with van der Waals surface area (Å²) in [6, 6.07) is 21.6. The number of pyridine rings is 1. The number of rotatable bonds is 11. The topological polar surface area (TPSA) is 141 Å². The van der Waals surface area contributed by atoms with Gasteiger partial charge in [0.1, 0.15) is 22.1 Å². The van der Waals surface area contributed by atoms with Gasteiger partial charge in [0, 0.05) is 25.5 Å². The number of carbonyl (C=O) groups is 1. The van der Waals surface area contributed by atoms with Crippen LogP contribution in [-0.2, 0) is 17.1 Å². The third kappa shape index (κ3) is 7.11. The molecule has 2 aromatic carbocycles. The quantitative estimate of drug-likeness (QED) is 0.141. The van der Waals surface area contributed by atoms with Crippen molar-refractivity contribution in [3.05, 3.63) is 108 Å². The molecule has 5 aromatic rings. The minimum atomic E-state index is -4.91. The number of hydrogen-bond acceptors (Lipinski definition) is 8. The van der Waals surface area contributed by atoms with Gasteiger partial charge in [-0.25, -0.2) is 22.8 Å². The molecule has 3 aromatic heterocycles. The number of aromatic nitrogens is 5. The molecule has 2 unspecified atom stereocenters. The van der Waals surface area contributed by atoms with Crippen LogP contribution in [0.3, 0.4) is 0 Å². The Balaban J connectivity index is 1.42. The lowest BCUT2D eigenvalue weighted by Crippen LogP contribution is -2.77. The molecular formula is C35H38ClF3N6O5SSi. The summed E-state index contributed by atoms with van der Waals surface area (Å²) in [5.74, 6) is -1.17. The van der Waals surface area contributed by atoms with Gasteiger partial charge in [-0.15, -0.1) is 5.10 Å². The number of amides is 1. The van der Waals surface area contributed by atoms with E-state index in [0.29, 0.717) is 10.4 Å². The Kier molecular flexibility index (Phi) is 10.5. The molecule has 0 saturated carbocycles. The Morgan fingerprint density at radius 3 is 2.02 bits per heavy atom. The molecule has 3 heterocycles. The fraction of sp³-hybridized carbons (Fsp3) is 0.314. The van der Waals surface area contributed by atoms with Gasteiger partial charge < -0.3 is 9.84 Å². The molecule has 5 rings (SSSR count). The second-order valence-electron chi connectivity index (χ2n) is 13.7. The normalized spacial score (nSPS) is 14.4. The van der Waals surface area contributed by atoms with E-state index in [1.165, 1.54) is 53.9 Å². The van der Waals surface area contributed by atoms with Gasteiger partial charge in [0.05, 0.1) is 17.0 Å². The van der Waals surface area contributed by atoms with Crippen LogP contribution in [0.25, 0.3) is 5.82 Å². The van der Waals surface area contributed by atoms with E-state index in [2.05, 4.69) is 15.2 Å². The number of carbonyl (C=O) groups excluding carboxylic acids is 1. The number of nitrogens with zero attached hydrogens (tertiary/aromatic N) is 5. The molecule has 17 heteroatoms. The number of aliphatic hydroxyl groups is 1. The van der Waals surface area contributed by atoms with Crippen molar-refractivity contribution >= 4 is 46.0 Å². The molecule has 276 valence electrons. The van der Waals surface area contributed by atoms with Crippen LogP contribution in [0.15, 0.2) is 96.2 Å². The zero-order valence-electron chi connectivity index (χ0n) is 29.2. The summed E-state index contributed by atoms with van der Waals surface area (Å²) in [6.07, 6.45) is -2.29. The summed E-state index contributed by atoms with van der Waals surface area (Å²) >= 11 is 6.27. The first-order valence-corrected chi connectivity index (χ1v) is 19.9. The second kappa shape index (κ2) is 14.1. The Morgan fingerprint density at radius 1 is 0.962 bits per heavy atom. The number of aliphatic hydroxyl groups excluding tert-OH is 1.